The minimum Gasteiger partial charge on any atom is -0.378 e. The number of fused-ring (bicyclic) bond motifs is 1. The third kappa shape index (κ3) is 1.43. The second kappa shape index (κ2) is 3.75. The van der Waals surface area contributed by atoms with Crippen molar-refractivity contribution in [1.82, 2.24) is 4.90 Å². The summed E-state index contributed by atoms with van der Waals surface area (Å²) in [6, 6.07) is 0. The normalized spacial score (nSPS) is 32.3. The molecule has 1 heterocycles. The Bertz CT molecular complexity index is 336. The Morgan fingerprint density at radius 2 is 2.25 bits per heavy atom. The zero-order chi connectivity index (χ0) is 11.9. The summed E-state index contributed by atoms with van der Waals surface area (Å²) in [6.45, 7) is 4.22. The molecule has 4 heteroatoms. The first-order chi connectivity index (χ1) is 7.49. The van der Waals surface area contributed by atoms with Crippen LogP contribution in [0.1, 0.15) is 33.1 Å². The van der Waals surface area contributed by atoms with Crippen LogP contribution in [0.5, 0.6) is 0 Å². The number of rotatable bonds is 2. The van der Waals surface area contributed by atoms with Gasteiger partial charge in [0, 0.05) is 14.1 Å². The van der Waals surface area contributed by atoms with Crippen molar-refractivity contribution in [2.45, 2.75) is 38.7 Å². The number of hydrogen-bond acceptors (Lipinski definition) is 3. The summed E-state index contributed by atoms with van der Waals surface area (Å²) < 4.78 is 0. The largest absolute Gasteiger partial charge is 0.378 e. The van der Waals surface area contributed by atoms with E-state index in [9.17, 15) is 4.79 Å². The van der Waals surface area contributed by atoms with Gasteiger partial charge in [0.2, 0.25) is 5.60 Å². The zero-order valence-corrected chi connectivity index (χ0v) is 10.5. The SMILES string of the molecule is CC(C)C1=NOC2(C(=O)N(C)C)CCCC12. The molecule has 90 valence electrons. The van der Waals surface area contributed by atoms with Crippen LogP contribution in [0, 0.1) is 11.8 Å². The average molecular weight is 224 g/mol. The molecule has 2 atom stereocenters. The van der Waals surface area contributed by atoms with Gasteiger partial charge in [-0.2, -0.15) is 0 Å². The molecule has 0 spiro atoms. The van der Waals surface area contributed by atoms with E-state index in [4.69, 9.17) is 4.84 Å². The fourth-order valence-corrected chi connectivity index (χ4v) is 2.85. The Morgan fingerprint density at radius 1 is 1.56 bits per heavy atom. The van der Waals surface area contributed by atoms with Crippen LogP contribution in [-0.2, 0) is 9.63 Å². The molecule has 1 fully saturated rings. The molecule has 0 aromatic rings. The van der Waals surface area contributed by atoms with E-state index >= 15 is 0 Å². The maximum atomic E-state index is 12.2. The van der Waals surface area contributed by atoms with E-state index in [1.165, 1.54) is 0 Å². The Hall–Kier alpha value is -1.06. The number of nitrogens with zero attached hydrogens (tertiary/aromatic N) is 2. The summed E-state index contributed by atoms with van der Waals surface area (Å²) in [5.74, 6) is 0.622. The van der Waals surface area contributed by atoms with Crippen molar-refractivity contribution >= 4 is 11.6 Å². The van der Waals surface area contributed by atoms with Gasteiger partial charge in [0.25, 0.3) is 5.91 Å². The molecule has 0 N–H and O–H groups in total. The van der Waals surface area contributed by atoms with Gasteiger partial charge in [0.05, 0.1) is 11.6 Å². The number of hydrogen-bond donors (Lipinski definition) is 0. The average Bonchev–Trinajstić information content (AvgIpc) is 2.73. The second-order valence-corrected chi connectivity index (χ2v) is 5.30. The highest BCUT2D eigenvalue weighted by Crippen LogP contribution is 2.46. The molecule has 1 aliphatic heterocycles. The van der Waals surface area contributed by atoms with Gasteiger partial charge in [-0.15, -0.1) is 0 Å². The van der Waals surface area contributed by atoms with E-state index in [1.807, 2.05) is 0 Å². The lowest BCUT2D eigenvalue weighted by atomic mass is 9.82. The lowest BCUT2D eigenvalue weighted by molar-refractivity contribution is -0.155. The van der Waals surface area contributed by atoms with E-state index < -0.39 is 5.60 Å². The van der Waals surface area contributed by atoms with Crippen LogP contribution in [0.15, 0.2) is 5.16 Å². The Kier molecular flexibility index (Phi) is 2.68. The Balaban J connectivity index is 2.28. The molecule has 1 saturated carbocycles. The first kappa shape index (κ1) is 11.4. The highest BCUT2D eigenvalue weighted by Gasteiger charge is 2.58. The molecular weight excluding hydrogens is 204 g/mol. The lowest BCUT2D eigenvalue weighted by Crippen LogP contribution is -2.49. The van der Waals surface area contributed by atoms with Gasteiger partial charge < -0.3 is 9.74 Å². The third-order valence-electron chi connectivity index (χ3n) is 3.63. The molecule has 0 radical (unpaired) electrons. The second-order valence-electron chi connectivity index (χ2n) is 5.30. The number of amides is 1. The number of carbonyl (C=O) groups is 1. The quantitative estimate of drug-likeness (QED) is 0.715. The Labute approximate surface area is 96.6 Å². The smallest absolute Gasteiger partial charge is 0.269 e. The van der Waals surface area contributed by atoms with Crippen LogP contribution in [0.25, 0.3) is 0 Å². The molecule has 1 amide bonds. The predicted molar refractivity (Wildman–Crippen MR) is 62.1 cm³/mol. The molecule has 0 aromatic heterocycles. The van der Waals surface area contributed by atoms with Crippen molar-refractivity contribution in [3.05, 3.63) is 0 Å². The predicted octanol–water partition coefficient (Wildman–Crippen LogP) is 1.66. The molecule has 2 aliphatic rings. The summed E-state index contributed by atoms with van der Waals surface area (Å²) in [5.41, 5.74) is 0.385. The van der Waals surface area contributed by atoms with Crippen molar-refractivity contribution < 1.29 is 9.63 Å². The van der Waals surface area contributed by atoms with E-state index in [2.05, 4.69) is 19.0 Å². The zero-order valence-electron chi connectivity index (χ0n) is 10.5. The van der Waals surface area contributed by atoms with Crippen molar-refractivity contribution in [1.29, 1.82) is 0 Å². The fourth-order valence-electron chi connectivity index (χ4n) is 2.85. The monoisotopic (exact) mass is 224 g/mol. The van der Waals surface area contributed by atoms with Crippen molar-refractivity contribution in [3.63, 3.8) is 0 Å². The van der Waals surface area contributed by atoms with Gasteiger partial charge in [-0.3, -0.25) is 4.79 Å². The molecule has 2 unspecified atom stereocenters. The number of carbonyl (C=O) groups excluding carboxylic acids is 1. The van der Waals surface area contributed by atoms with Crippen molar-refractivity contribution in [2.24, 2.45) is 17.0 Å². The van der Waals surface area contributed by atoms with Crippen LogP contribution in [0.4, 0.5) is 0 Å². The fraction of sp³-hybridized carbons (Fsp3) is 0.833. The molecule has 0 saturated heterocycles. The number of likely N-dealkylation sites (N-methyl/N-ethyl adjacent to an activating group) is 1. The molecule has 16 heavy (non-hydrogen) atoms. The standard InChI is InChI=1S/C12H20N2O2/c1-8(2)10-9-6-5-7-12(9,16-13-10)11(15)14(3)4/h8-9H,5-7H2,1-4H3. The summed E-state index contributed by atoms with van der Waals surface area (Å²) in [7, 11) is 3.56. The van der Waals surface area contributed by atoms with Gasteiger partial charge in [-0.1, -0.05) is 19.0 Å². The molecule has 4 nitrogen and oxygen atoms in total. The third-order valence-corrected chi connectivity index (χ3v) is 3.63. The van der Waals surface area contributed by atoms with Crippen LogP contribution >= 0.6 is 0 Å². The summed E-state index contributed by atoms with van der Waals surface area (Å²) in [5, 5.41) is 4.16. The topological polar surface area (TPSA) is 41.9 Å². The molecule has 0 bridgehead atoms. The first-order valence-electron chi connectivity index (χ1n) is 5.96. The molecule has 2 rings (SSSR count). The highest BCUT2D eigenvalue weighted by atomic mass is 16.7. The van der Waals surface area contributed by atoms with Crippen LogP contribution in [0.3, 0.4) is 0 Å². The molecular formula is C12H20N2O2. The van der Waals surface area contributed by atoms with E-state index in [0.717, 1.165) is 25.0 Å². The molecule has 0 aromatic carbocycles. The first-order valence-corrected chi connectivity index (χ1v) is 5.96. The van der Waals surface area contributed by atoms with Gasteiger partial charge in [0.1, 0.15) is 0 Å². The minimum absolute atomic E-state index is 0.0643. The van der Waals surface area contributed by atoms with Crippen molar-refractivity contribution in [3.8, 4) is 0 Å². The van der Waals surface area contributed by atoms with Gasteiger partial charge in [0.15, 0.2) is 0 Å². The van der Waals surface area contributed by atoms with Crippen molar-refractivity contribution in [2.75, 3.05) is 14.1 Å². The summed E-state index contributed by atoms with van der Waals surface area (Å²) in [6.07, 6.45) is 2.88. The highest BCUT2D eigenvalue weighted by molar-refractivity contribution is 5.99. The number of oxime groups is 1. The van der Waals surface area contributed by atoms with Crippen LogP contribution in [-0.4, -0.2) is 36.2 Å². The summed E-state index contributed by atoms with van der Waals surface area (Å²) in [4.78, 5) is 19.4. The van der Waals surface area contributed by atoms with E-state index in [1.54, 1.807) is 19.0 Å². The minimum atomic E-state index is -0.677. The van der Waals surface area contributed by atoms with Gasteiger partial charge >= 0.3 is 0 Å². The van der Waals surface area contributed by atoms with Crippen LogP contribution < -0.4 is 0 Å². The van der Waals surface area contributed by atoms with E-state index in [0.29, 0.717) is 5.92 Å². The summed E-state index contributed by atoms with van der Waals surface area (Å²) >= 11 is 0. The lowest BCUT2D eigenvalue weighted by Gasteiger charge is -2.29. The molecule has 1 aliphatic carbocycles. The maximum absolute atomic E-state index is 12.2. The van der Waals surface area contributed by atoms with E-state index in [-0.39, 0.29) is 11.8 Å². The van der Waals surface area contributed by atoms with Gasteiger partial charge in [-0.05, 0) is 25.2 Å². The maximum Gasteiger partial charge on any atom is 0.269 e. The van der Waals surface area contributed by atoms with Gasteiger partial charge in [-0.25, -0.2) is 0 Å². The van der Waals surface area contributed by atoms with Crippen LogP contribution in [0.2, 0.25) is 0 Å². The Morgan fingerprint density at radius 3 is 2.81 bits per heavy atom.